The molecule has 0 saturated heterocycles. The van der Waals surface area contributed by atoms with Gasteiger partial charge in [-0.3, -0.25) is 0 Å². The van der Waals surface area contributed by atoms with Gasteiger partial charge in [0.1, 0.15) is 12.1 Å². The van der Waals surface area contributed by atoms with E-state index in [1.807, 2.05) is 164 Å². The fraction of sp³-hybridized carbons (Fsp3) is 0.0286. The molecule has 0 aliphatic carbocycles. The first kappa shape index (κ1) is 48.3. The number of hydrogen-bond acceptors (Lipinski definition) is 2. The summed E-state index contributed by atoms with van der Waals surface area (Å²) in [6, 6.07) is 73.1. The Hall–Kier alpha value is -10.8. The van der Waals surface area contributed by atoms with Gasteiger partial charge in [-0.2, -0.15) is 36.9 Å². The van der Waals surface area contributed by atoms with Crippen LogP contribution in [0.2, 0.25) is 0 Å². The molecule has 390 valence electrons. The third-order valence-corrected chi connectivity index (χ3v) is 16.1. The van der Waals surface area contributed by atoms with Crippen LogP contribution in [-0.2, 0) is 12.4 Å². The van der Waals surface area contributed by atoms with Crippen molar-refractivity contribution in [2.24, 2.45) is 0 Å². The molecule has 0 N–H and O–H groups in total. The lowest BCUT2D eigenvalue weighted by atomic mass is 9.85. The molecule has 82 heavy (non-hydrogen) atoms. The van der Waals surface area contributed by atoms with Crippen molar-refractivity contribution in [3.8, 4) is 57.1 Å². The van der Waals surface area contributed by atoms with Crippen molar-refractivity contribution in [1.82, 2.24) is 18.3 Å². The van der Waals surface area contributed by atoms with Gasteiger partial charge in [-0.05, 0) is 72.8 Å². The number of alkyl halides is 6. The van der Waals surface area contributed by atoms with E-state index in [1.165, 1.54) is 12.1 Å². The molecule has 12 heteroatoms. The predicted molar refractivity (Wildman–Crippen MR) is 314 cm³/mol. The molecule has 0 saturated carbocycles. The number of benzene rings is 11. The van der Waals surface area contributed by atoms with Crippen molar-refractivity contribution in [3.05, 3.63) is 253 Å². The lowest BCUT2D eigenvalue weighted by molar-refractivity contribution is -0.138. The molecule has 0 unspecified atom stereocenters. The maximum absolute atomic E-state index is 15.4. The zero-order valence-corrected chi connectivity index (χ0v) is 42.9. The molecule has 15 rings (SSSR count). The van der Waals surface area contributed by atoms with Crippen LogP contribution in [0.25, 0.3) is 132 Å². The summed E-state index contributed by atoms with van der Waals surface area (Å²) < 4.78 is 99.6. The van der Waals surface area contributed by atoms with Crippen molar-refractivity contribution in [3.63, 3.8) is 0 Å². The number of rotatable bonds is 6. The Morgan fingerprint density at radius 3 is 0.927 bits per heavy atom. The van der Waals surface area contributed by atoms with Crippen LogP contribution >= 0.6 is 0 Å². The number of aromatic nitrogens is 4. The highest BCUT2D eigenvalue weighted by molar-refractivity contribution is 6.16. The maximum Gasteiger partial charge on any atom is 0.416 e. The molecule has 0 amide bonds. The van der Waals surface area contributed by atoms with E-state index < -0.39 is 23.5 Å². The molecule has 0 radical (unpaired) electrons. The van der Waals surface area contributed by atoms with Crippen LogP contribution in [-0.4, -0.2) is 18.3 Å². The first-order chi connectivity index (χ1) is 39.9. The smallest absolute Gasteiger partial charge is 0.309 e. The van der Waals surface area contributed by atoms with Crippen LogP contribution in [0.3, 0.4) is 0 Å². The van der Waals surface area contributed by atoms with Crippen LogP contribution < -0.4 is 0 Å². The van der Waals surface area contributed by atoms with E-state index in [-0.39, 0.29) is 44.7 Å². The van der Waals surface area contributed by atoms with Crippen molar-refractivity contribution < 1.29 is 26.3 Å². The second kappa shape index (κ2) is 17.8. The molecule has 0 aliphatic heterocycles. The first-order valence-corrected chi connectivity index (χ1v) is 26.4. The van der Waals surface area contributed by atoms with Gasteiger partial charge in [-0.25, -0.2) is 0 Å². The van der Waals surface area contributed by atoms with Crippen LogP contribution in [0.5, 0.6) is 0 Å². The van der Waals surface area contributed by atoms with Gasteiger partial charge in [0.15, 0.2) is 0 Å². The number of hydrogen-bond donors (Lipinski definition) is 0. The number of halogens is 6. The Labute approximate surface area is 462 Å². The van der Waals surface area contributed by atoms with E-state index in [1.54, 1.807) is 39.5 Å². The number of nitrogens with zero attached hydrogens (tertiary/aromatic N) is 6. The van der Waals surface area contributed by atoms with Crippen LogP contribution in [0, 0.1) is 22.7 Å². The normalized spacial score (nSPS) is 12.2. The highest BCUT2D eigenvalue weighted by Gasteiger charge is 2.37. The minimum absolute atomic E-state index is 0.0452. The second-order valence-corrected chi connectivity index (χ2v) is 20.4. The van der Waals surface area contributed by atoms with E-state index in [0.717, 1.165) is 67.9 Å². The monoisotopic (exact) mass is 1080 g/mol. The van der Waals surface area contributed by atoms with Gasteiger partial charge < -0.3 is 18.3 Å². The Morgan fingerprint density at radius 1 is 0.280 bits per heavy atom. The minimum Gasteiger partial charge on any atom is -0.309 e. The lowest BCUT2D eigenvalue weighted by Gasteiger charge is -2.28. The summed E-state index contributed by atoms with van der Waals surface area (Å²) in [6.45, 7) is 0. The summed E-state index contributed by atoms with van der Waals surface area (Å²) in [7, 11) is 0. The molecular formula is C70H38F6N6. The Bertz CT molecular complexity index is 5200. The van der Waals surface area contributed by atoms with E-state index in [9.17, 15) is 10.5 Å². The molecular weight excluding hydrogens is 1040 g/mol. The number of fused-ring (bicyclic) bond motifs is 12. The van der Waals surface area contributed by atoms with Crippen molar-refractivity contribution >= 4 is 87.2 Å². The van der Waals surface area contributed by atoms with Gasteiger partial charge in [0.25, 0.3) is 0 Å². The highest BCUT2D eigenvalue weighted by atomic mass is 19.4. The molecule has 4 heterocycles. The zero-order valence-electron chi connectivity index (χ0n) is 42.9. The summed E-state index contributed by atoms with van der Waals surface area (Å²) in [5.74, 6) is 0. The van der Waals surface area contributed by atoms with Crippen molar-refractivity contribution in [2.75, 3.05) is 0 Å². The molecule has 0 bridgehead atoms. The van der Waals surface area contributed by atoms with Gasteiger partial charge in [0.2, 0.25) is 0 Å². The maximum atomic E-state index is 15.4. The molecule has 4 aromatic heterocycles. The summed E-state index contributed by atoms with van der Waals surface area (Å²) in [4.78, 5) is 0. The molecule has 0 atom stereocenters. The molecule has 0 fully saturated rings. The zero-order chi connectivity index (χ0) is 55.8. The van der Waals surface area contributed by atoms with Gasteiger partial charge >= 0.3 is 12.4 Å². The van der Waals surface area contributed by atoms with Crippen molar-refractivity contribution in [1.29, 1.82) is 10.5 Å². The van der Waals surface area contributed by atoms with E-state index in [4.69, 9.17) is 0 Å². The minimum atomic E-state index is -4.81. The number of nitriles is 2. The lowest BCUT2D eigenvalue weighted by Crippen LogP contribution is -2.13. The number of para-hydroxylation sites is 8. The SMILES string of the molecule is N#Cc1c(C#N)c(-n2c3ccccc3c3ccc(C(F)(F)F)cc32)c(-c2ccccc2-n2c3ccccc3c3ccccc32)c(-n2c3ccccc3c3ccc(C(F)(F)F)cc32)c1-c1ccccc1-n1c2ccccc2c2ccccc21. The molecule has 0 aliphatic rings. The van der Waals surface area contributed by atoms with Gasteiger partial charge in [-0.15, -0.1) is 0 Å². The molecule has 0 spiro atoms. The van der Waals surface area contributed by atoms with E-state index in [0.29, 0.717) is 55.1 Å². The average Bonchev–Trinajstić information content (AvgIpc) is 3.05. The Morgan fingerprint density at radius 2 is 0.573 bits per heavy atom. The largest absolute Gasteiger partial charge is 0.416 e. The fourth-order valence-corrected chi connectivity index (χ4v) is 12.8. The Balaban J connectivity index is 1.25. The quantitative estimate of drug-likeness (QED) is 0.156. The highest BCUT2D eigenvalue weighted by Crippen LogP contribution is 2.53. The van der Waals surface area contributed by atoms with Gasteiger partial charge in [-0.1, -0.05) is 158 Å². The summed E-state index contributed by atoms with van der Waals surface area (Å²) in [5.41, 5.74) is 4.88. The van der Waals surface area contributed by atoms with Crippen LogP contribution in [0.15, 0.2) is 231 Å². The third kappa shape index (κ3) is 6.95. The standard InChI is InChI=1S/C70H38F6N6/c71-69(72,73)41-33-35-49-47-21-5-13-29-59(47)81(63(49)37-41)67-54(40-78)53(39-77)65(51-23-7-15-31-61(51)79-55-25-9-1-17-43(55)44-18-2-10-26-56(44)79)68(82-60-30-14-6-22-48(60)50-36-34-42(38-64(50)82)70(74,75)76)66(67)52-24-8-16-32-62(52)80-57-27-11-3-19-45(57)46-20-4-12-28-58(46)80/h1-38H. The summed E-state index contributed by atoms with van der Waals surface area (Å²) in [6.07, 6.45) is -9.61. The Kier molecular flexibility index (Phi) is 10.5. The molecule has 6 nitrogen and oxygen atoms in total. The summed E-state index contributed by atoms with van der Waals surface area (Å²) >= 11 is 0. The molecule has 11 aromatic carbocycles. The second-order valence-electron chi connectivity index (χ2n) is 20.4. The molecule has 15 aromatic rings. The first-order valence-electron chi connectivity index (χ1n) is 26.4. The fourth-order valence-electron chi connectivity index (χ4n) is 12.8. The average molecular weight is 1080 g/mol. The third-order valence-electron chi connectivity index (χ3n) is 16.1. The van der Waals surface area contributed by atoms with Gasteiger partial charge in [0, 0.05) is 65.3 Å². The van der Waals surface area contributed by atoms with Crippen LogP contribution in [0.1, 0.15) is 22.3 Å². The van der Waals surface area contributed by atoms with Crippen LogP contribution in [0.4, 0.5) is 26.3 Å². The van der Waals surface area contributed by atoms with E-state index in [2.05, 4.69) is 21.3 Å². The van der Waals surface area contributed by atoms with E-state index >= 15 is 26.3 Å². The van der Waals surface area contributed by atoms with Crippen molar-refractivity contribution in [2.45, 2.75) is 12.4 Å². The topological polar surface area (TPSA) is 67.3 Å². The summed E-state index contributed by atoms with van der Waals surface area (Å²) in [5, 5.41) is 30.2. The predicted octanol–water partition coefficient (Wildman–Crippen LogP) is 19.2. The van der Waals surface area contributed by atoms with Gasteiger partial charge in [0.05, 0.1) is 89.1 Å².